The fourth-order valence-corrected chi connectivity index (χ4v) is 4.66. The summed E-state index contributed by atoms with van der Waals surface area (Å²) in [5, 5.41) is 4.33. The van der Waals surface area contributed by atoms with Crippen LogP contribution in [0.1, 0.15) is 36.1 Å². The second-order valence-electron chi connectivity index (χ2n) is 6.70. The van der Waals surface area contributed by atoms with E-state index in [1.54, 1.807) is 27.4 Å². The predicted octanol–water partition coefficient (Wildman–Crippen LogP) is 2.57. The van der Waals surface area contributed by atoms with E-state index < -0.39 is 15.7 Å². The van der Waals surface area contributed by atoms with Gasteiger partial charge in [0.1, 0.15) is 0 Å². The normalized spacial score (nSPS) is 12.6. The molecule has 0 saturated carbocycles. The van der Waals surface area contributed by atoms with Crippen LogP contribution >= 0.6 is 11.3 Å². The first-order valence-corrected chi connectivity index (χ1v) is 11.2. The standard InChI is InChI=1S/C19H20N4O3S2/c1-6-9-22-16-8-7-14(28(5,25)26)11-17(16)27-19(22)20-18(24)15-10-13(4)23(21-15)12(2)3/h1,7-8,10-12H,9H2,2-5H3. The average molecular weight is 417 g/mol. The van der Waals surface area contributed by atoms with Crippen molar-refractivity contribution in [3.63, 3.8) is 0 Å². The quantitative estimate of drug-likeness (QED) is 0.612. The number of sulfone groups is 1. The topological polar surface area (TPSA) is 86.3 Å². The Morgan fingerprint density at radius 3 is 2.64 bits per heavy atom. The molecule has 7 nitrogen and oxygen atoms in total. The molecular weight excluding hydrogens is 396 g/mol. The molecule has 0 aliphatic heterocycles. The lowest BCUT2D eigenvalue weighted by Gasteiger charge is -2.06. The zero-order chi connectivity index (χ0) is 20.6. The Morgan fingerprint density at radius 1 is 1.36 bits per heavy atom. The predicted molar refractivity (Wildman–Crippen MR) is 109 cm³/mol. The van der Waals surface area contributed by atoms with Crippen molar-refractivity contribution in [2.75, 3.05) is 6.26 Å². The molecule has 0 N–H and O–H groups in total. The summed E-state index contributed by atoms with van der Waals surface area (Å²) in [7, 11) is -3.34. The van der Waals surface area contributed by atoms with Crippen LogP contribution < -0.4 is 4.80 Å². The van der Waals surface area contributed by atoms with E-state index in [1.165, 1.54) is 17.4 Å². The van der Waals surface area contributed by atoms with Gasteiger partial charge >= 0.3 is 0 Å². The fraction of sp³-hybridized carbons (Fsp3) is 0.316. The van der Waals surface area contributed by atoms with Gasteiger partial charge in [0.15, 0.2) is 20.3 Å². The van der Waals surface area contributed by atoms with Crippen LogP contribution in [0.3, 0.4) is 0 Å². The highest BCUT2D eigenvalue weighted by molar-refractivity contribution is 7.90. The maximum absolute atomic E-state index is 12.7. The third kappa shape index (κ3) is 3.79. The summed E-state index contributed by atoms with van der Waals surface area (Å²) < 4.78 is 27.8. The van der Waals surface area contributed by atoms with Gasteiger partial charge in [-0.3, -0.25) is 9.48 Å². The Bertz CT molecular complexity index is 1280. The highest BCUT2D eigenvalue weighted by Gasteiger charge is 2.16. The molecule has 0 saturated heterocycles. The van der Waals surface area contributed by atoms with E-state index in [2.05, 4.69) is 16.0 Å². The highest BCUT2D eigenvalue weighted by atomic mass is 32.2. The van der Waals surface area contributed by atoms with Crippen LogP contribution in [0.4, 0.5) is 0 Å². The molecule has 3 aromatic rings. The number of aromatic nitrogens is 3. The number of fused-ring (bicyclic) bond motifs is 1. The van der Waals surface area contributed by atoms with E-state index in [1.807, 2.05) is 20.8 Å². The van der Waals surface area contributed by atoms with Gasteiger partial charge in [-0.25, -0.2) is 8.42 Å². The number of aryl methyl sites for hydroxylation is 1. The lowest BCUT2D eigenvalue weighted by molar-refractivity contribution is 0.0992. The van der Waals surface area contributed by atoms with Crippen LogP contribution in [0.2, 0.25) is 0 Å². The molecule has 0 fully saturated rings. The number of carbonyl (C=O) groups is 1. The van der Waals surface area contributed by atoms with E-state index in [-0.39, 0.29) is 23.2 Å². The van der Waals surface area contributed by atoms with Gasteiger partial charge < -0.3 is 4.57 Å². The molecule has 1 aromatic carbocycles. The Hall–Kier alpha value is -2.70. The molecule has 9 heteroatoms. The fourth-order valence-electron chi connectivity index (χ4n) is 2.87. The molecule has 0 radical (unpaired) electrons. The Labute approximate surface area is 167 Å². The first kappa shape index (κ1) is 20.0. The summed E-state index contributed by atoms with van der Waals surface area (Å²) in [5.41, 5.74) is 1.86. The maximum atomic E-state index is 12.7. The third-order valence-corrected chi connectivity index (χ3v) is 6.31. The van der Waals surface area contributed by atoms with Gasteiger partial charge in [0, 0.05) is 18.0 Å². The van der Waals surface area contributed by atoms with E-state index in [0.717, 1.165) is 17.5 Å². The number of thiazole rings is 1. The monoisotopic (exact) mass is 416 g/mol. The molecule has 2 aromatic heterocycles. The van der Waals surface area contributed by atoms with Gasteiger partial charge in [0.2, 0.25) is 0 Å². The minimum Gasteiger partial charge on any atom is -0.305 e. The van der Waals surface area contributed by atoms with Crippen molar-refractivity contribution in [3.8, 4) is 12.3 Å². The molecule has 3 rings (SSSR count). The molecule has 0 spiro atoms. The van der Waals surface area contributed by atoms with Crippen molar-refractivity contribution >= 4 is 37.3 Å². The molecular formula is C19H20N4O3S2. The lowest BCUT2D eigenvalue weighted by atomic mass is 10.3. The molecule has 0 aliphatic carbocycles. The highest BCUT2D eigenvalue weighted by Crippen LogP contribution is 2.22. The summed E-state index contributed by atoms with van der Waals surface area (Å²) in [4.78, 5) is 17.5. The minimum atomic E-state index is -3.34. The number of carbonyl (C=O) groups excluding carboxylic acids is 1. The Kier molecular flexibility index (Phi) is 5.28. The number of rotatable bonds is 4. The van der Waals surface area contributed by atoms with E-state index in [9.17, 15) is 13.2 Å². The molecule has 1 amide bonds. The average Bonchev–Trinajstić information content (AvgIpc) is 3.15. The second kappa shape index (κ2) is 7.37. The van der Waals surface area contributed by atoms with Gasteiger partial charge in [-0.15, -0.1) is 6.42 Å². The number of hydrogen-bond acceptors (Lipinski definition) is 5. The molecule has 0 aliphatic rings. The summed E-state index contributed by atoms with van der Waals surface area (Å²) >= 11 is 1.22. The van der Waals surface area contributed by atoms with Crippen LogP contribution in [0.15, 0.2) is 34.2 Å². The molecule has 28 heavy (non-hydrogen) atoms. The maximum Gasteiger partial charge on any atom is 0.300 e. The lowest BCUT2D eigenvalue weighted by Crippen LogP contribution is -2.17. The number of terminal acetylenes is 1. The molecule has 0 unspecified atom stereocenters. The summed E-state index contributed by atoms with van der Waals surface area (Å²) in [6.45, 7) is 6.06. The molecule has 146 valence electrons. The first-order valence-electron chi connectivity index (χ1n) is 8.54. The smallest absolute Gasteiger partial charge is 0.300 e. The Balaban J connectivity index is 2.15. The Morgan fingerprint density at radius 2 is 2.07 bits per heavy atom. The van der Waals surface area contributed by atoms with Crippen LogP contribution in [0.5, 0.6) is 0 Å². The molecule has 2 heterocycles. The van der Waals surface area contributed by atoms with Gasteiger partial charge in [0.05, 0.1) is 21.7 Å². The zero-order valence-electron chi connectivity index (χ0n) is 16.0. The van der Waals surface area contributed by atoms with Gasteiger partial charge in [-0.05, 0) is 45.0 Å². The number of amides is 1. The molecule has 0 atom stereocenters. The van der Waals surface area contributed by atoms with Crippen molar-refractivity contribution in [2.45, 2.75) is 38.3 Å². The van der Waals surface area contributed by atoms with E-state index in [4.69, 9.17) is 6.42 Å². The number of benzene rings is 1. The van der Waals surface area contributed by atoms with Crippen molar-refractivity contribution < 1.29 is 13.2 Å². The molecule has 0 bridgehead atoms. The van der Waals surface area contributed by atoms with E-state index >= 15 is 0 Å². The van der Waals surface area contributed by atoms with Crippen molar-refractivity contribution in [1.29, 1.82) is 0 Å². The summed E-state index contributed by atoms with van der Waals surface area (Å²) in [6.07, 6.45) is 6.63. The largest absolute Gasteiger partial charge is 0.305 e. The van der Waals surface area contributed by atoms with Gasteiger partial charge in [-0.1, -0.05) is 17.3 Å². The summed E-state index contributed by atoms with van der Waals surface area (Å²) in [5.74, 6) is 2.08. The van der Waals surface area contributed by atoms with Crippen LogP contribution in [-0.4, -0.2) is 34.9 Å². The zero-order valence-corrected chi connectivity index (χ0v) is 17.6. The summed E-state index contributed by atoms with van der Waals surface area (Å²) in [6, 6.07) is 6.61. The minimum absolute atomic E-state index is 0.131. The third-order valence-electron chi connectivity index (χ3n) is 4.16. The SMILES string of the molecule is C#CCn1c(=NC(=O)c2cc(C)n(C(C)C)n2)sc2cc(S(C)(=O)=O)ccc21. The van der Waals surface area contributed by atoms with Crippen LogP contribution in [-0.2, 0) is 16.4 Å². The second-order valence-corrected chi connectivity index (χ2v) is 9.73. The number of nitrogens with zero attached hydrogens (tertiary/aromatic N) is 4. The van der Waals surface area contributed by atoms with Crippen molar-refractivity contribution in [2.24, 2.45) is 4.99 Å². The van der Waals surface area contributed by atoms with Gasteiger partial charge in [-0.2, -0.15) is 10.1 Å². The van der Waals surface area contributed by atoms with Crippen LogP contribution in [0, 0.1) is 19.3 Å². The van der Waals surface area contributed by atoms with E-state index in [0.29, 0.717) is 9.50 Å². The van der Waals surface area contributed by atoms with Crippen LogP contribution in [0.25, 0.3) is 10.2 Å². The van der Waals surface area contributed by atoms with Crippen molar-refractivity contribution in [3.05, 3.63) is 40.5 Å². The number of hydrogen-bond donors (Lipinski definition) is 0. The van der Waals surface area contributed by atoms with Crippen molar-refractivity contribution in [1.82, 2.24) is 14.3 Å². The first-order chi connectivity index (χ1) is 13.1. The van der Waals surface area contributed by atoms with Gasteiger partial charge in [0.25, 0.3) is 5.91 Å².